The quantitative estimate of drug-likeness (QED) is 0.555. The summed E-state index contributed by atoms with van der Waals surface area (Å²) < 4.78 is 24.5. The molecule has 0 saturated heterocycles. The van der Waals surface area contributed by atoms with E-state index >= 15 is 0 Å². The first-order valence-corrected chi connectivity index (χ1v) is 9.98. The minimum Gasteiger partial charge on any atom is -0.461 e. The van der Waals surface area contributed by atoms with Crippen molar-refractivity contribution in [2.24, 2.45) is 0 Å². The largest absolute Gasteiger partial charge is 0.461 e. The maximum absolute atomic E-state index is 13.2. The molecule has 1 amide bonds. The molecule has 30 heavy (non-hydrogen) atoms. The molecule has 3 aromatic rings. The van der Waals surface area contributed by atoms with Crippen LogP contribution in [0.4, 0.5) is 4.39 Å². The fourth-order valence-corrected chi connectivity index (χ4v) is 3.10. The molecule has 1 aliphatic rings. The zero-order chi connectivity index (χ0) is 20.9. The molecule has 5 nitrogen and oxygen atoms in total. The van der Waals surface area contributed by atoms with Crippen LogP contribution in [0.25, 0.3) is 11.3 Å². The standard InChI is InChI=1S/C24H22FNO4/c25-18-8-6-17(7-9-18)23(24(28)26-19-10-11-19)30-22(27)15-13-20-12-14-21(29-20)16-4-2-1-3-5-16/h1-9,12,14,19,23H,10-11,13,15H2,(H,26,28)/t23-/m0/s1. The maximum atomic E-state index is 13.2. The van der Waals surface area contributed by atoms with Crippen LogP contribution in [0.5, 0.6) is 0 Å². The van der Waals surface area contributed by atoms with Gasteiger partial charge in [-0.2, -0.15) is 0 Å². The summed E-state index contributed by atoms with van der Waals surface area (Å²) in [6.45, 7) is 0. The first kappa shape index (κ1) is 19.9. The van der Waals surface area contributed by atoms with Gasteiger partial charge in [0, 0.05) is 23.6 Å². The molecule has 1 fully saturated rings. The fraction of sp³-hybridized carbons (Fsp3) is 0.250. The number of carbonyl (C=O) groups excluding carboxylic acids is 2. The molecule has 0 unspecified atom stereocenters. The van der Waals surface area contributed by atoms with Crippen LogP contribution in [0.3, 0.4) is 0 Å². The second kappa shape index (κ2) is 8.95. The van der Waals surface area contributed by atoms with E-state index in [0.29, 0.717) is 17.7 Å². The van der Waals surface area contributed by atoms with Crippen LogP contribution >= 0.6 is 0 Å². The molecule has 4 rings (SSSR count). The number of aryl methyl sites for hydroxylation is 1. The molecular formula is C24H22FNO4. The number of rotatable bonds is 8. The number of furan rings is 1. The molecule has 1 heterocycles. The van der Waals surface area contributed by atoms with E-state index in [9.17, 15) is 14.0 Å². The third kappa shape index (κ3) is 5.14. The van der Waals surface area contributed by atoms with Gasteiger partial charge in [0.1, 0.15) is 17.3 Å². The minimum atomic E-state index is -1.10. The van der Waals surface area contributed by atoms with Gasteiger partial charge in [0.25, 0.3) is 5.91 Å². The zero-order valence-corrected chi connectivity index (χ0v) is 16.3. The van der Waals surface area contributed by atoms with Crippen molar-refractivity contribution >= 4 is 11.9 Å². The van der Waals surface area contributed by atoms with Crippen LogP contribution in [0, 0.1) is 5.82 Å². The Bertz CT molecular complexity index is 1010. The number of amides is 1. The van der Waals surface area contributed by atoms with Crippen LogP contribution < -0.4 is 5.32 Å². The molecular weight excluding hydrogens is 385 g/mol. The molecule has 1 saturated carbocycles. The van der Waals surface area contributed by atoms with E-state index in [1.54, 1.807) is 0 Å². The lowest BCUT2D eigenvalue weighted by Gasteiger charge is -2.18. The van der Waals surface area contributed by atoms with E-state index in [1.165, 1.54) is 24.3 Å². The average Bonchev–Trinajstić information content (AvgIpc) is 3.45. The molecule has 0 radical (unpaired) electrons. The Kier molecular flexibility index (Phi) is 5.93. The number of ether oxygens (including phenoxy) is 1. The lowest BCUT2D eigenvalue weighted by molar-refractivity contribution is -0.156. The van der Waals surface area contributed by atoms with E-state index in [4.69, 9.17) is 9.15 Å². The highest BCUT2D eigenvalue weighted by molar-refractivity contribution is 5.85. The van der Waals surface area contributed by atoms with Gasteiger partial charge in [-0.15, -0.1) is 0 Å². The molecule has 6 heteroatoms. The zero-order valence-electron chi connectivity index (χ0n) is 16.3. The number of hydrogen-bond acceptors (Lipinski definition) is 4. The van der Waals surface area contributed by atoms with Crippen molar-refractivity contribution in [3.63, 3.8) is 0 Å². The predicted molar refractivity (Wildman–Crippen MR) is 109 cm³/mol. The van der Waals surface area contributed by atoms with E-state index in [2.05, 4.69) is 5.32 Å². The number of esters is 1. The lowest BCUT2D eigenvalue weighted by atomic mass is 10.1. The van der Waals surface area contributed by atoms with Gasteiger partial charge >= 0.3 is 5.97 Å². The third-order valence-corrected chi connectivity index (χ3v) is 4.88. The van der Waals surface area contributed by atoms with E-state index in [0.717, 1.165) is 24.2 Å². The van der Waals surface area contributed by atoms with Crippen molar-refractivity contribution < 1.29 is 23.1 Å². The summed E-state index contributed by atoms with van der Waals surface area (Å²) in [6, 6.07) is 18.9. The summed E-state index contributed by atoms with van der Waals surface area (Å²) in [5.74, 6) is 0.0618. The molecule has 2 aromatic carbocycles. The second-order valence-corrected chi connectivity index (χ2v) is 7.34. The van der Waals surface area contributed by atoms with Gasteiger partial charge in [0.15, 0.2) is 0 Å². The van der Waals surface area contributed by atoms with Gasteiger partial charge < -0.3 is 14.5 Å². The second-order valence-electron chi connectivity index (χ2n) is 7.34. The first-order valence-electron chi connectivity index (χ1n) is 9.98. The summed E-state index contributed by atoms with van der Waals surface area (Å²) in [4.78, 5) is 25.0. The molecule has 0 bridgehead atoms. The van der Waals surface area contributed by atoms with Gasteiger partial charge in [0.2, 0.25) is 6.10 Å². The minimum absolute atomic E-state index is 0.0656. The number of carbonyl (C=O) groups is 2. The number of halogens is 1. The van der Waals surface area contributed by atoms with Crippen molar-refractivity contribution in [2.75, 3.05) is 0 Å². The van der Waals surface area contributed by atoms with Crippen LogP contribution in [-0.2, 0) is 20.7 Å². The highest BCUT2D eigenvalue weighted by Gasteiger charge is 2.30. The maximum Gasteiger partial charge on any atom is 0.307 e. The van der Waals surface area contributed by atoms with Crippen LogP contribution in [0.15, 0.2) is 71.1 Å². The van der Waals surface area contributed by atoms with Crippen molar-refractivity contribution in [3.8, 4) is 11.3 Å². The van der Waals surface area contributed by atoms with E-state index in [-0.39, 0.29) is 18.4 Å². The monoisotopic (exact) mass is 407 g/mol. The van der Waals surface area contributed by atoms with E-state index in [1.807, 2.05) is 42.5 Å². The van der Waals surface area contributed by atoms with Gasteiger partial charge in [-0.05, 0) is 37.1 Å². The normalized spacial score (nSPS) is 14.2. The SMILES string of the molecule is O=C(CCc1ccc(-c2ccccc2)o1)O[C@H](C(=O)NC1CC1)c1ccc(F)cc1. The Morgan fingerprint density at radius 3 is 2.47 bits per heavy atom. The summed E-state index contributed by atoms with van der Waals surface area (Å²) in [5, 5.41) is 2.84. The molecule has 1 atom stereocenters. The van der Waals surface area contributed by atoms with Gasteiger partial charge in [-0.1, -0.05) is 42.5 Å². The lowest BCUT2D eigenvalue weighted by Crippen LogP contribution is -2.33. The Morgan fingerprint density at radius 2 is 1.77 bits per heavy atom. The Labute approximate surface area is 173 Å². The molecule has 1 aliphatic carbocycles. The summed E-state index contributed by atoms with van der Waals surface area (Å²) in [6.07, 6.45) is 1.15. The molecule has 0 aliphatic heterocycles. The van der Waals surface area contributed by atoms with E-state index < -0.39 is 17.9 Å². The Balaban J connectivity index is 1.38. The molecule has 1 aromatic heterocycles. The summed E-state index contributed by atoms with van der Waals surface area (Å²) in [7, 11) is 0. The number of benzene rings is 2. The predicted octanol–water partition coefficient (Wildman–Crippen LogP) is 4.58. The van der Waals surface area contributed by atoms with Crippen molar-refractivity contribution in [2.45, 2.75) is 37.8 Å². The number of nitrogens with one attached hydrogen (secondary N) is 1. The fourth-order valence-electron chi connectivity index (χ4n) is 3.10. The molecule has 1 N–H and O–H groups in total. The first-order chi connectivity index (χ1) is 14.6. The Hall–Kier alpha value is -3.41. The van der Waals surface area contributed by atoms with Crippen molar-refractivity contribution in [3.05, 3.63) is 83.9 Å². The summed E-state index contributed by atoms with van der Waals surface area (Å²) in [5.41, 5.74) is 1.40. The highest BCUT2D eigenvalue weighted by Crippen LogP contribution is 2.25. The number of hydrogen-bond donors (Lipinski definition) is 1. The highest BCUT2D eigenvalue weighted by atomic mass is 19.1. The smallest absolute Gasteiger partial charge is 0.307 e. The molecule has 154 valence electrons. The van der Waals surface area contributed by atoms with Gasteiger partial charge in [0.05, 0.1) is 6.42 Å². The van der Waals surface area contributed by atoms with Gasteiger partial charge in [-0.3, -0.25) is 9.59 Å². The van der Waals surface area contributed by atoms with Crippen LogP contribution in [0.1, 0.15) is 36.7 Å². The topological polar surface area (TPSA) is 68.5 Å². The van der Waals surface area contributed by atoms with Crippen LogP contribution in [-0.4, -0.2) is 17.9 Å². The Morgan fingerprint density at radius 1 is 1.03 bits per heavy atom. The van der Waals surface area contributed by atoms with Gasteiger partial charge in [-0.25, -0.2) is 4.39 Å². The average molecular weight is 407 g/mol. The third-order valence-electron chi connectivity index (χ3n) is 4.88. The van der Waals surface area contributed by atoms with Crippen molar-refractivity contribution in [1.29, 1.82) is 0 Å². The van der Waals surface area contributed by atoms with Crippen LogP contribution in [0.2, 0.25) is 0 Å². The molecule has 0 spiro atoms. The summed E-state index contributed by atoms with van der Waals surface area (Å²) >= 11 is 0. The van der Waals surface area contributed by atoms with Crippen molar-refractivity contribution in [1.82, 2.24) is 5.32 Å².